The first-order valence-corrected chi connectivity index (χ1v) is 8.15. The average molecular weight is 355 g/mol. The Balaban J connectivity index is 0.00000208. The monoisotopic (exact) mass is 354 g/mol. The van der Waals surface area contributed by atoms with Crippen LogP contribution in [0.1, 0.15) is 31.6 Å². The van der Waals surface area contributed by atoms with Crippen LogP contribution in [0.2, 0.25) is 0 Å². The van der Waals surface area contributed by atoms with Crippen molar-refractivity contribution in [3.8, 4) is 11.6 Å². The van der Waals surface area contributed by atoms with Crippen molar-refractivity contribution in [3.05, 3.63) is 24.3 Å². The molecule has 0 spiro atoms. The third-order valence-corrected chi connectivity index (χ3v) is 4.05. The fraction of sp³-hybridized carbons (Fsp3) is 0.562. The molecule has 8 heteroatoms. The molecule has 1 saturated heterocycles. The van der Waals surface area contributed by atoms with Gasteiger partial charge in [0.1, 0.15) is 0 Å². The van der Waals surface area contributed by atoms with E-state index in [2.05, 4.69) is 20.8 Å². The minimum absolute atomic E-state index is 0. The number of halogens is 1. The van der Waals surface area contributed by atoms with Gasteiger partial charge in [0.2, 0.25) is 17.6 Å². The number of piperidine rings is 1. The van der Waals surface area contributed by atoms with Crippen LogP contribution in [0.25, 0.3) is 11.6 Å². The second-order valence-electron chi connectivity index (χ2n) is 5.84. The standard InChI is InChI=1S/C16H22N4O3.ClH/c21-14(18-9-7-12-3-1-8-17-11-12)5-6-15-19-16(20-23-15)13-4-2-10-22-13;/h2,4,10,12,17H,1,3,5-9,11H2,(H,18,21);1H. The van der Waals surface area contributed by atoms with Crippen molar-refractivity contribution in [2.45, 2.75) is 32.1 Å². The topological polar surface area (TPSA) is 93.2 Å². The van der Waals surface area contributed by atoms with Crippen LogP contribution in [0.3, 0.4) is 0 Å². The number of nitrogens with one attached hydrogen (secondary N) is 2. The largest absolute Gasteiger partial charge is 0.461 e. The van der Waals surface area contributed by atoms with Crippen LogP contribution < -0.4 is 10.6 Å². The SMILES string of the molecule is Cl.O=C(CCc1nc(-c2ccco2)no1)NCCC1CCCNC1. The highest BCUT2D eigenvalue weighted by molar-refractivity contribution is 5.85. The van der Waals surface area contributed by atoms with Gasteiger partial charge in [-0.2, -0.15) is 4.98 Å². The number of aryl methyl sites for hydroxylation is 1. The molecule has 24 heavy (non-hydrogen) atoms. The summed E-state index contributed by atoms with van der Waals surface area (Å²) in [5.41, 5.74) is 0. The van der Waals surface area contributed by atoms with Gasteiger partial charge in [-0.25, -0.2) is 0 Å². The first-order valence-electron chi connectivity index (χ1n) is 8.15. The molecule has 2 aromatic rings. The van der Waals surface area contributed by atoms with Gasteiger partial charge in [-0.1, -0.05) is 5.16 Å². The molecule has 1 atom stereocenters. The molecule has 2 aromatic heterocycles. The number of nitrogens with zero attached hydrogens (tertiary/aromatic N) is 2. The Morgan fingerprint density at radius 3 is 3.12 bits per heavy atom. The highest BCUT2D eigenvalue weighted by Crippen LogP contribution is 2.16. The van der Waals surface area contributed by atoms with Crippen molar-refractivity contribution < 1.29 is 13.7 Å². The van der Waals surface area contributed by atoms with E-state index < -0.39 is 0 Å². The van der Waals surface area contributed by atoms with Crippen molar-refractivity contribution in [2.75, 3.05) is 19.6 Å². The van der Waals surface area contributed by atoms with Crippen LogP contribution in [0.15, 0.2) is 27.3 Å². The molecule has 0 bridgehead atoms. The highest BCUT2D eigenvalue weighted by Gasteiger charge is 2.14. The summed E-state index contributed by atoms with van der Waals surface area (Å²) in [4.78, 5) is 16.1. The van der Waals surface area contributed by atoms with E-state index in [9.17, 15) is 4.79 Å². The number of hydrogen-bond donors (Lipinski definition) is 2. The van der Waals surface area contributed by atoms with E-state index in [1.807, 2.05) is 0 Å². The van der Waals surface area contributed by atoms with Crippen LogP contribution in [-0.2, 0) is 11.2 Å². The van der Waals surface area contributed by atoms with Gasteiger partial charge in [-0.05, 0) is 50.4 Å². The minimum Gasteiger partial charge on any atom is -0.461 e. The number of rotatable bonds is 7. The Morgan fingerprint density at radius 1 is 1.46 bits per heavy atom. The van der Waals surface area contributed by atoms with Crippen molar-refractivity contribution in [2.24, 2.45) is 5.92 Å². The summed E-state index contributed by atoms with van der Waals surface area (Å²) in [6, 6.07) is 3.53. The molecule has 0 saturated carbocycles. The Kier molecular flexibility index (Phi) is 7.27. The second-order valence-corrected chi connectivity index (χ2v) is 5.84. The summed E-state index contributed by atoms with van der Waals surface area (Å²) in [5, 5.41) is 10.2. The maximum atomic E-state index is 11.9. The lowest BCUT2D eigenvalue weighted by Crippen LogP contribution is -2.33. The normalized spacial score (nSPS) is 17.2. The molecule has 2 N–H and O–H groups in total. The summed E-state index contributed by atoms with van der Waals surface area (Å²) in [6.07, 6.45) is 5.85. The molecule has 0 radical (unpaired) electrons. The molecule has 1 amide bonds. The van der Waals surface area contributed by atoms with Gasteiger partial charge in [0.15, 0.2) is 5.76 Å². The Morgan fingerprint density at radius 2 is 2.38 bits per heavy atom. The highest BCUT2D eigenvalue weighted by atomic mass is 35.5. The predicted octanol–water partition coefficient (Wildman–Crippen LogP) is 2.19. The van der Waals surface area contributed by atoms with Gasteiger partial charge < -0.3 is 19.6 Å². The van der Waals surface area contributed by atoms with Crippen molar-refractivity contribution in [3.63, 3.8) is 0 Å². The fourth-order valence-electron chi connectivity index (χ4n) is 2.76. The molecule has 1 unspecified atom stereocenters. The molecule has 3 heterocycles. The maximum absolute atomic E-state index is 11.9. The third-order valence-electron chi connectivity index (χ3n) is 4.05. The summed E-state index contributed by atoms with van der Waals surface area (Å²) in [5.74, 6) is 2.12. The second kappa shape index (κ2) is 9.44. The van der Waals surface area contributed by atoms with E-state index in [1.54, 1.807) is 18.4 Å². The number of carbonyl (C=O) groups is 1. The molecule has 1 fully saturated rings. The van der Waals surface area contributed by atoms with Crippen LogP contribution in [-0.4, -0.2) is 35.7 Å². The number of hydrogen-bond acceptors (Lipinski definition) is 6. The van der Waals surface area contributed by atoms with E-state index >= 15 is 0 Å². The molecule has 0 aliphatic carbocycles. The number of aromatic nitrogens is 2. The van der Waals surface area contributed by atoms with Gasteiger partial charge in [-0.3, -0.25) is 4.79 Å². The van der Waals surface area contributed by atoms with E-state index in [4.69, 9.17) is 8.94 Å². The molecule has 1 aliphatic rings. The lowest BCUT2D eigenvalue weighted by Gasteiger charge is -2.22. The van der Waals surface area contributed by atoms with Crippen molar-refractivity contribution in [1.82, 2.24) is 20.8 Å². The summed E-state index contributed by atoms with van der Waals surface area (Å²) < 4.78 is 10.3. The first-order chi connectivity index (χ1) is 11.3. The third kappa shape index (κ3) is 5.35. The van der Waals surface area contributed by atoms with Gasteiger partial charge in [0.25, 0.3) is 0 Å². The smallest absolute Gasteiger partial charge is 0.238 e. The van der Waals surface area contributed by atoms with E-state index in [1.165, 1.54) is 12.8 Å². The Bertz CT molecular complexity index is 609. The lowest BCUT2D eigenvalue weighted by atomic mass is 9.96. The summed E-state index contributed by atoms with van der Waals surface area (Å²) >= 11 is 0. The zero-order chi connectivity index (χ0) is 15.9. The molecule has 7 nitrogen and oxygen atoms in total. The average Bonchev–Trinajstić information content (AvgIpc) is 3.25. The zero-order valence-electron chi connectivity index (χ0n) is 13.5. The van der Waals surface area contributed by atoms with Gasteiger partial charge in [-0.15, -0.1) is 12.4 Å². The molecule has 1 aliphatic heterocycles. The van der Waals surface area contributed by atoms with Crippen molar-refractivity contribution >= 4 is 18.3 Å². The fourth-order valence-corrected chi connectivity index (χ4v) is 2.76. The quantitative estimate of drug-likeness (QED) is 0.791. The molecular weight excluding hydrogens is 332 g/mol. The molecule has 3 rings (SSSR count). The van der Waals surface area contributed by atoms with Crippen LogP contribution in [0.4, 0.5) is 0 Å². The van der Waals surface area contributed by atoms with Crippen LogP contribution >= 0.6 is 12.4 Å². The summed E-state index contributed by atoms with van der Waals surface area (Å²) in [7, 11) is 0. The molecular formula is C16H23ClN4O3. The number of carbonyl (C=O) groups excluding carboxylic acids is 1. The molecule has 0 aromatic carbocycles. The number of amides is 1. The van der Waals surface area contributed by atoms with Crippen molar-refractivity contribution in [1.29, 1.82) is 0 Å². The molecule has 132 valence electrons. The zero-order valence-corrected chi connectivity index (χ0v) is 14.3. The lowest BCUT2D eigenvalue weighted by molar-refractivity contribution is -0.121. The Labute approximate surface area is 147 Å². The van der Waals surface area contributed by atoms with E-state index in [0.29, 0.717) is 36.2 Å². The van der Waals surface area contributed by atoms with E-state index in [0.717, 1.165) is 26.1 Å². The van der Waals surface area contributed by atoms with Crippen LogP contribution in [0, 0.1) is 5.92 Å². The first kappa shape index (κ1) is 18.5. The predicted molar refractivity (Wildman–Crippen MR) is 90.8 cm³/mol. The van der Waals surface area contributed by atoms with E-state index in [-0.39, 0.29) is 18.3 Å². The Hall–Kier alpha value is -1.86. The van der Waals surface area contributed by atoms with Gasteiger partial charge in [0.05, 0.1) is 6.26 Å². The maximum Gasteiger partial charge on any atom is 0.238 e. The summed E-state index contributed by atoms with van der Waals surface area (Å²) in [6.45, 7) is 2.91. The number of furan rings is 1. The van der Waals surface area contributed by atoms with Gasteiger partial charge >= 0.3 is 0 Å². The minimum atomic E-state index is 0. The van der Waals surface area contributed by atoms with Crippen LogP contribution in [0.5, 0.6) is 0 Å². The van der Waals surface area contributed by atoms with Gasteiger partial charge in [0, 0.05) is 19.4 Å².